The SMILES string of the molecule is C=CC1/C=C\C=C/CC(COC(=O)NC(CCCCN)C(=O)NC(CCCCN)C(=O)NC(CCCN=C(N)N)C(=O)NCC(=O)NCC(=O)NC(CO)C(=O)O)c2ccccc21. The van der Waals surface area contributed by atoms with Crippen LogP contribution in [0.3, 0.4) is 0 Å². The van der Waals surface area contributed by atoms with Gasteiger partial charge in [0.1, 0.15) is 30.8 Å². The van der Waals surface area contributed by atoms with Crippen molar-refractivity contribution in [1.82, 2.24) is 31.9 Å². The van der Waals surface area contributed by atoms with Crippen LogP contribution in [0.5, 0.6) is 0 Å². The van der Waals surface area contributed by atoms with Crippen molar-refractivity contribution in [3.05, 3.63) is 72.4 Å². The van der Waals surface area contributed by atoms with Crippen molar-refractivity contribution in [3.8, 4) is 0 Å². The third-order valence-electron chi connectivity index (χ3n) is 9.85. The quantitative estimate of drug-likeness (QED) is 0.0202. The minimum absolute atomic E-state index is 0.000703. The minimum atomic E-state index is -1.58. The van der Waals surface area contributed by atoms with Gasteiger partial charge in [0.2, 0.25) is 29.5 Å². The lowest BCUT2D eigenvalue weighted by atomic mass is 9.86. The van der Waals surface area contributed by atoms with Gasteiger partial charge in [0.15, 0.2) is 5.96 Å². The smallest absolute Gasteiger partial charge is 0.407 e. The second-order valence-corrected chi connectivity index (χ2v) is 14.7. The number of guanidine groups is 1. The average molecular weight is 884 g/mol. The molecule has 0 bridgehead atoms. The number of hydrogen-bond acceptors (Lipinski definition) is 12. The van der Waals surface area contributed by atoms with Crippen molar-refractivity contribution in [2.24, 2.45) is 27.9 Å². The Morgan fingerprint density at radius 3 is 1.94 bits per heavy atom. The fourth-order valence-corrected chi connectivity index (χ4v) is 6.45. The Kier molecular flexibility index (Phi) is 25.0. The van der Waals surface area contributed by atoms with Crippen molar-refractivity contribution >= 4 is 47.6 Å². The molecule has 6 amide bonds. The highest BCUT2D eigenvalue weighted by Gasteiger charge is 2.30. The monoisotopic (exact) mass is 883 g/mol. The molecule has 1 aromatic rings. The first kappa shape index (κ1) is 52.8. The fourth-order valence-electron chi connectivity index (χ4n) is 6.45. The summed E-state index contributed by atoms with van der Waals surface area (Å²) in [5.41, 5.74) is 24.3. The number of aliphatic carboxylic acids is 1. The second kappa shape index (κ2) is 29.9. The van der Waals surface area contributed by atoms with E-state index in [1.165, 1.54) is 0 Å². The molecular weight excluding hydrogens is 819 g/mol. The predicted molar refractivity (Wildman–Crippen MR) is 236 cm³/mol. The molecule has 0 fully saturated rings. The van der Waals surface area contributed by atoms with Crippen LogP contribution in [0.1, 0.15) is 80.8 Å². The van der Waals surface area contributed by atoms with Crippen LogP contribution in [-0.2, 0) is 33.5 Å². The number of carboxylic acid groups (broad SMARTS) is 1. The lowest BCUT2D eigenvalue weighted by molar-refractivity contribution is -0.142. The molecule has 1 aliphatic carbocycles. The zero-order valence-electron chi connectivity index (χ0n) is 35.6. The number of nitrogens with zero attached hydrogens (tertiary/aromatic N) is 1. The molecule has 0 aliphatic heterocycles. The highest BCUT2D eigenvalue weighted by molar-refractivity contribution is 5.95. The molecular formula is C42H65N11O10. The lowest BCUT2D eigenvalue weighted by Gasteiger charge is -2.26. The first-order valence-corrected chi connectivity index (χ1v) is 21.0. The summed E-state index contributed by atoms with van der Waals surface area (Å²) in [6.07, 6.45) is 12.0. The second-order valence-electron chi connectivity index (χ2n) is 14.7. The third kappa shape index (κ3) is 20.4. The Labute approximate surface area is 367 Å². The van der Waals surface area contributed by atoms with Gasteiger partial charge >= 0.3 is 12.1 Å². The molecule has 16 N–H and O–H groups in total. The van der Waals surface area contributed by atoms with Crippen molar-refractivity contribution in [3.63, 3.8) is 0 Å². The van der Waals surface area contributed by atoms with Crippen LogP contribution in [0.4, 0.5) is 4.79 Å². The van der Waals surface area contributed by atoms with Gasteiger partial charge in [-0.2, -0.15) is 0 Å². The molecule has 0 saturated heterocycles. The van der Waals surface area contributed by atoms with Crippen LogP contribution in [-0.4, -0.2) is 128 Å². The number of fused-ring (bicyclic) bond motifs is 1. The number of aliphatic hydroxyl groups excluding tert-OH is 1. The molecule has 0 spiro atoms. The van der Waals surface area contributed by atoms with Gasteiger partial charge in [0.25, 0.3) is 0 Å². The maximum atomic E-state index is 13.9. The molecule has 348 valence electrons. The molecule has 0 saturated carbocycles. The number of benzene rings is 1. The fraction of sp³-hybridized carbons (Fsp3) is 0.524. The standard InChI is InChI=1S/C42H65N11O10/c1-2-27-13-4-3-5-14-28(30-16-7-6-15-29(27)30)26-63-42(62)53-33(18-9-11-21-44)39(59)52-32(17-8-10-20-43)38(58)51-31(19-12-22-47-41(45)46)37(57)49-23-35(55)48-24-36(56)50-34(25-54)40(60)61/h2-7,13,15-16,27-28,31-34,54H,1,8-12,14,17-26,43-44H2,(H,48,55)(H,49,57)(H,50,56)(H,51,58)(H,52,59)(H,53,62)(H,60,61)(H4,45,46,47)/b5-3-,13-4-. The number of ether oxygens (including phenoxy) is 1. The zero-order chi connectivity index (χ0) is 46.6. The van der Waals surface area contributed by atoms with Crippen LogP contribution >= 0.6 is 0 Å². The normalized spacial score (nSPS) is 17.1. The van der Waals surface area contributed by atoms with E-state index in [0.717, 1.165) is 11.1 Å². The highest BCUT2D eigenvalue weighted by Crippen LogP contribution is 2.32. The number of nitrogens with one attached hydrogen (secondary N) is 6. The number of allylic oxidation sites excluding steroid dienone is 5. The molecule has 0 aromatic heterocycles. The Morgan fingerprint density at radius 1 is 0.762 bits per heavy atom. The summed E-state index contributed by atoms with van der Waals surface area (Å²) in [5, 5.41) is 32.7. The largest absolute Gasteiger partial charge is 0.480 e. The number of carbonyl (C=O) groups excluding carboxylic acids is 6. The van der Waals surface area contributed by atoms with Gasteiger partial charge in [0, 0.05) is 18.4 Å². The van der Waals surface area contributed by atoms with Gasteiger partial charge in [-0.1, -0.05) is 54.6 Å². The summed E-state index contributed by atoms with van der Waals surface area (Å²) >= 11 is 0. The van der Waals surface area contributed by atoms with Gasteiger partial charge in [-0.25, -0.2) is 9.59 Å². The predicted octanol–water partition coefficient (Wildman–Crippen LogP) is -1.27. The van der Waals surface area contributed by atoms with Gasteiger partial charge in [-0.05, 0) is 82.0 Å². The maximum absolute atomic E-state index is 13.9. The summed E-state index contributed by atoms with van der Waals surface area (Å²) in [4.78, 5) is 93.9. The summed E-state index contributed by atoms with van der Waals surface area (Å²) in [6, 6.07) is 2.74. The Balaban J connectivity index is 2.20. The van der Waals surface area contributed by atoms with E-state index < -0.39 is 85.5 Å². The van der Waals surface area contributed by atoms with Crippen LogP contribution in [0.15, 0.2) is 66.2 Å². The van der Waals surface area contributed by atoms with Crippen LogP contribution in [0.25, 0.3) is 0 Å². The van der Waals surface area contributed by atoms with Crippen molar-refractivity contribution < 1.29 is 48.5 Å². The molecule has 0 radical (unpaired) electrons. The lowest BCUT2D eigenvalue weighted by Crippen LogP contribution is -2.57. The highest BCUT2D eigenvalue weighted by atomic mass is 16.5. The number of aliphatic imine (C=N–C) groups is 1. The molecule has 0 heterocycles. The van der Waals surface area contributed by atoms with E-state index in [2.05, 4.69) is 38.2 Å². The van der Waals surface area contributed by atoms with E-state index in [0.29, 0.717) is 45.2 Å². The Morgan fingerprint density at radius 2 is 1.35 bits per heavy atom. The summed E-state index contributed by atoms with van der Waals surface area (Å²) < 4.78 is 5.72. The molecule has 1 aliphatic rings. The van der Waals surface area contributed by atoms with Gasteiger partial charge in [-0.15, -0.1) is 6.58 Å². The molecule has 6 unspecified atom stereocenters. The van der Waals surface area contributed by atoms with E-state index >= 15 is 0 Å². The summed E-state index contributed by atoms with van der Waals surface area (Å²) in [6.45, 7) is 2.59. The van der Waals surface area contributed by atoms with Crippen LogP contribution in [0, 0.1) is 0 Å². The summed E-state index contributed by atoms with van der Waals surface area (Å²) in [5.74, 6) is -5.82. The Hall–Kier alpha value is -6.32. The molecule has 1 aromatic carbocycles. The Bertz CT molecular complexity index is 1770. The first-order chi connectivity index (χ1) is 30.2. The van der Waals surface area contributed by atoms with Gasteiger partial charge in [-0.3, -0.25) is 29.0 Å². The van der Waals surface area contributed by atoms with E-state index in [1.54, 1.807) is 0 Å². The number of nitrogens with two attached hydrogens (primary N) is 4. The number of carboxylic acids is 1. The van der Waals surface area contributed by atoms with Gasteiger partial charge in [0.05, 0.1) is 19.7 Å². The van der Waals surface area contributed by atoms with Crippen molar-refractivity contribution in [1.29, 1.82) is 0 Å². The number of carbonyl (C=O) groups is 7. The number of hydrogen-bond donors (Lipinski definition) is 12. The van der Waals surface area contributed by atoms with Gasteiger partial charge < -0.3 is 69.8 Å². The maximum Gasteiger partial charge on any atom is 0.407 e. The number of unbranched alkanes of at least 4 members (excludes halogenated alkanes) is 2. The number of amides is 6. The zero-order valence-corrected chi connectivity index (χ0v) is 35.6. The van der Waals surface area contributed by atoms with Crippen LogP contribution in [0.2, 0.25) is 0 Å². The van der Waals surface area contributed by atoms with Crippen molar-refractivity contribution in [2.75, 3.05) is 45.9 Å². The number of rotatable bonds is 28. The third-order valence-corrected chi connectivity index (χ3v) is 9.85. The molecule has 21 nitrogen and oxygen atoms in total. The number of aliphatic hydroxyl groups is 1. The van der Waals surface area contributed by atoms with Crippen LogP contribution < -0.4 is 54.8 Å². The van der Waals surface area contributed by atoms with E-state index in [4.69, 9.17) is 37.9 Å². The molecule has 6 atom stereocenters. The number of alkyl carbamates (subject to hydrolysis) is 1. The van der Waals surface area contributed by atoms with E-state index in [9.17, 15) is 33.6 Å². The van der Waals surface area contributed by atoms with E-state index in [-0.39, 0.29) is 56.6 Å². The topological polar surface area (TPSA) is 358 Å². The molecule has 21 heteroatoms. The van der Waals surface area contributed by atoms with Crippen molar-refractivity contribution in [2.45, 2.75) is 93.8 Å². The first-order valence-electron chi connectivity index (χ1n) is 21.0. The average Bonchev–Trinajstić information content (AvgIpc) is 3.34. The molecule has 63 heavy (non-hydrogen) atoms. The summed E-state index contributed by atoms with van der Waals surface area (Å²) in [7, 11) is 0. The molecule has 2 rings (SSSR count). The minimum Gasteiger partial charge on any atom is -0.480 e. The van der Waals surface area contributed by atoms with E-state index in [1.807, 2.05) is 60.0 Å².